The minimum atomic E-state index is -1.85. The second kappa shape index (κ2) is 37.2. The summed E-state index contributed by atoms with van der Waals surface area (Å²) >= 11 is 0. The van der Waals surface area contributed by atoms with E-state index in [-0.39, 0.29) is 51.9 Å². The largest absolute Gasteiger partial charge is 0.481 e. The quantitative estimate of drug-likeness (QED) is 0.0254. The van der Waals surface area contributed by atoms with E-state index in [1.54, 1.807) is 14.0 Å². The van der Waals surface area contributed by atoms with Crippen molar-refractivity contribution in [3.05, 3.63) is 0 Å². The fourth-order valence-corrected chi connectivity index (χ4v) is 6.38. The molecule has 18 N–H and O–H groups in total. The molecule has 0 saturated heterocycles. The molecule has 31 heteroatoms. The Kier molecular flexibility index (Phi) is 33.4. The highest BCUT2D eigenvalue weighted by atomic mass is 16.5. The van der Waals surface area contributed by atoms with Gasteiger partial charge in [0.05, 0.1) is 19.2 Å². The predicted molar refractivity (Wildman–Crippen MR) is 253 cm³/mol. The summed E-state index contributed by atoms with van der Waals surface area (Å²) in [6.07, 6.45) is -5.79. The van der Waals surface area contributed by atoms with Gasteiger partial charge in [0.15, 0.2) is 0 Å². The van der Waals surface area contributed by atoms with Crippen molar-refractivity contribution in [3.63, 3.8) is 0 Å². The summed E-state index contributed by atoms with van der Waals surface area (Å²) in [6, 6.07) is -10.6. The van der Waals surface area contributed by atoms with Crippen LogP contribution in [0.5, 0.6) is 0 Å². The van der Waals surface area contributed by atoms with Crippen molar-refractivity contribution in [2.24, 2.45) is 11.5 Å². The van der Waals surface area contributed by atoms with Gasteiger partial charge in [-0.2, -0.15) is 0 Å². The number of carboxylic acids is 5. The number of primary amides is 1. The second-order valence-electron chi connectivity index (χ2n) is 16.6. The predicted octanol–water partition coefficient (Wildman–Crippen LogP) is -5.53. The van der Waals surface area contributed by atoms with Gasteiger partial charge in [-0.1, -0.05) is 0 Å². The van der Waals surface area contributed by atoms with Gasteiger partial charge in [0.1, 0.15) is 42.9 Å². The minimum Gasteiger partial charge on any atom is -0.481 e. The molecule has 0 fully saturated rings. The monoisotopic (exact) mass is 1060 g/mol. The van der Waals surface area contributed by atoms with Gasteiger partial charge in [0, 0.05) is 38.6 Å². The van der Waals surface area contributed by atoms with Crippen molar-refractivity contribution >= 4 is 83.0 Å². The number of carboxylic acid groups (broad SMARTS) is 5. The van der Waals surface area contributed by atoms with Gasteiger partial charge in [-0.25, -0.2) is 0 Å². The van der Waals surface area contributed by atoms with Crippen molar-refractivity contribution in [1.82, 2.24) is 47.9 Å². The van der Waals surface area contributed by atoms with Crippen LogP contribution in [-0.4, -0.2) is 191 Å². The lowest BCUT2D eigenvalue weighted by atomic mass is 10.0. The number of ether oxygens (including phenoxy) is 1. The van der Waals surface area contributed by atoms with Gasteiger partial charge in [-0.05, 0) is 84.7 Å². The van der Waals surface area contributed by atoms with Crippen LogP contribution in [0.15, 0.2) is 0 Å². The van der Waals surface area contributed by atoms with E-state index in [1.807, 2.05) is 0 Å². The van der Waals surface area contributed by atoms with Gasteiger partial charge in [0.2, 0.25) is 53.2 Å². The number of nitrogens with one attached hydrogen (secondary N) is 9. The first-order valence-corrected chi connectivity index (χ1v) is 23.5. The van der Waals surface area contributed by atoms with E-state index in [9.17, 15) is 92.7 Å². The molecule has 0 unspecified atom stereocenters. The molecule has 0 aromatic heterocycles. The van der Waals surface area contributed by atoms with Crippen LogP contribution in [0.4, 0.5) is 0 Å². The maximum atomic E-state index is 13.9. The van der Waals surface area contributed by atoms with E-state index < -0.39 is 190 Å². The molecular formula is C43H71N11O20. The summed E-state index contributed by atoms with van der Waals surface area (Å²) in [7, 11) is 1.55. The fraction of sp³-hybridized carbons (Fsp3) is 0.674. The molecule has 9 amide bonds. The summed E-state index contributed by atoms with van der Waals surface area (Å²) in [5, 5.41) is 67.9. The summed E-state index contributed by atoms with van der Waals surface area (Å²) in [6.45, 7) is 0.446. The lowest BCUT2D eigenvalue weighted by molar-refractivity contribution is -0.140. The third-order valence-electron chi connectivity index (χ3n) is 10.5. The van der Waals surface area contributed by atoms with Crippen molar-refractivity contribution in [2.75, 3.05) is 39.9 Å². The van der Waals surface area contributed by atoms with Crippen molar-refractivity contribution < 1.29 is 97.4 Å². The molecule has 0 rings (SSSR count). The molecule has 0 aliphatic heterocycles. The molecule has 0 aromatic rings. The molecule has 0 saturated carbocycles. The van der Waals surface area contributed by atoms with Crippen molar-refractivity contribution in [1.29, 1.82) is 0 Å². The zero-order valence-electron chi connectivity index (χ0n) is 41.2. The van der Waals surface area contributed by atoms with E-state index in [1.165, 1.54) is 0 Å². The number of nitrogens with two attached hydrogens (primary N) is 2. The van der Waals surface area contributed by atoms with Crippen LogP contribution < -0.4 is 59.3 Å². The molecule has 0 aliphatic rings. The van der Waals surface area contributed by atoms with E-state index in [2.05, 4.69) is 47.9 Å². The average molecular weight is 1060 g/mol. The highest BCUT2D eigenvalue weighted by Gasteiger charge is 2.34. The molecule has 0 radical (unpaired) electrons. The third-order valence-corrected chi connectivity index (χ3v) is 10.5. The summed E-state index contributed by atoms with van der Waals surface area (Å²) in [5.74, 6) is -15.8. The Morgan fingerprint density at radius 3 is 1.18 bits per heavy atom. The first kappa shape index (κ1) is 66.5. The Morgan fingerprint density at radius 2 is 0.811 bits per heavy atom. The lowest BCUT2D eigenvalue weighted by Crippen LogP contribution is -2.59. The van der Waals surface area contributed by atoms with Crippen molar-refractivity contribution in [2.45, 2.75) is 146 Å². The molecule has 74 heavy (non-hydrogen) atoms. The number of amides is 9. The van der Waals surface area contributed by atoms with Gasteiger partial charge < -0.3 is 89.6 Å². The standard InChI is InChI=1S/C43H71N11O20/c1-23(46-2)38(68)48-21-30(55)47-19-20-74-22-31(56)49-25(8-5-10-32(57)58)39(69)52-28(13-16-35(63)64)42(72)51-26(9-6-11-33(59)60)40(70)53-29(14-17-36(65)66)43(73)54-27(12-15-34(61)62)41(71)50-24(37(45)67)7-3-4-18-44/h23-29,46H,3-22,44H2,1-2H3,(H2,45,67)(H,47,55)(H,48,68)(H,49,56)(H,50,71)(H,51,72)(H,52,69)(H,53,70)(H,54,73)(H,57,58)(H,59,60)(H,61,62)(H,63,64)(H,65,66)/t23-,24+,25+,26+,27+,28+,29+/m0/s1. The molecule has 0 spiro atoms. The zero-order chi connectivity index (χ0) is 56.3. The average Bonchev–Trinajstić information content (AvgIpc) is 3.32. The number of hydrogen-bond donors (Lipinski definition) is 16. The number of aliphatic carboxylic acids is 5. The number of rotatable bonds is 42. The Bertz CT molecular complexity index is 1960. The van der Waals surface area contributed by atoms with Gasteiger partial charge >= 0.3 is 29.8 Å². The smallest absolute Gasteiger partial charge is 0.303 e. The number of hydrogen-bond acceptors (Lipinski definition) is 17. The third kappa shape index (κ3) is 31.0. The summed E-state index contributed by atoms with van der Waals surface area (Å²) in [4.78, 5) is 175. The highest BCUT2D eigenvalue weighted by molar-refractivity contribution is 5.97. The number of carbonyl (C=O) groups is 14. The van der Waals surface area contributed by atoms with E-state index in [0.29, 0.717) is 12.8 Å². The Morgan fingerprint density at radius 1 is 0.446 bits per heavy atom. The Hall–Kier alpha value is -7.54. The molecule has 0 aliphatic carbocycles. The summed E-state index contributed by atoms with van der Waals surface area (Å²) < 4.78 is 5.24. The van der Waals surface area contributed by atoms with E-state index in [4.69, 9.17) is 16.2 Å². The van der Waals surface area contributed by atoms with Crippen LogP contribution in [0.25, 0.3) is 0 Å². The molecule has 7 atom stereocenters. The lowest BCUT2D eigenvalue weighted by Gasteiger charge is -2.27. The molecular weight excluding hydrogens is 991 g/mol. The highest BCUT2D eigenvalue weighted by Crippen LogP contribution is 2.11. The maximum Gasteiger partial charge on any atom is 0.303 e. The van der Waals surface area contributed by atoms with Crippen LogP contribution in [0.3, 0.4) is 0 Å². The maximum absolute atomic E-state index is 13.9. The number of likely N-dealkylation sites (N-methyl/N-ethyl adjacent to an activating group) is 1. The topological polar surface area (TPSA) is 510 Å². The van der Waals surface area contributed by atoms with Crippen LogP contribution in [0.2, 0.25) is 0 Å². The van der Waals surface area contributed by atoms with Gasteiger partial charge in [-0.15, -0.1) is 0 Å². The number of unbranched alkanes of at least 4 members (excludes halogenated alkanes) is 1. The fourth-order valence-electron chi connectivity index (χ4n) is 6.38. The first-order chi connectivity index (χ1) is 34.8. The number of carbonyl (C=O) groups excluding carboxylic acids is 9. The minimum absolute atomic E-state index is 0.0257. The SMILES string of the molecule is CN[C@@H](C)C(=O)NCC(=O)NCCOCC(=O)N[C@H](CCCC(=O)O)C(=O)N[C@H](CCC(=O)O)C(=O)N[C@H](CCCC(=O)O)C(=O)N[C@H](CCC(=O)O)C(=O)N[C@H](CCC(=O)O)C(=O)N[C@H](CCCCN)C(N)=O. The van der Waals surface area contributed by atoms with E-state index in [0.717, 1.165) is 0 Å². The second-order valence-corrected chi connectivity index (χ2v) is 16.6. The van der Waals surface area contributed by atoms with Crippen LogP contribution in [-0.2, 0) is 71.9 Å². The van der Waals surface area contributed by atoms with Crippen molar-refractivity contribution in [3.8, 4) is 0 Å². The summed E-state index contributed by atoms with van der Waals surface area (Å²) in [5.41, 5.74) is 10.9. The Balaban J connectivity index is 6.49. The normalized spacial score (nSPS) is 13.6. The Labute approximate surface area is 424 Å². The zero-order valence-corrected chi connectivity index (χ0v) is 41.2. The van der Waals surface area contributed by atoms with Gasteiger partial charge in [-0.3, -0.25) is 67.1 Å². The molecule has 31 nitrogen and oxygen atoms in total. The van der Waals surface area contributed by atoms with E-state index >= 15 is 0 Å². The first-order valence-electron chi connectivity index (χ1n) is 23.5. The van der Waals surface area contributed by atoms with Crippen LogP contribution >= 0.6 is 0 Å². The molecule has 0 heterocycles. The van der Waals surface area contributed by atoms with Crippen LogP contribution in [0.1, 0.15) is 103 Å². The van der Waals surface area contributed by atoms with Gasteiger partial charge in [0.25, 0.3) is 0 Å². The molecule has 0 bridgehead atoms. The molecule has 0 aromatic carbocycles. The van der Waals surface area contributed by atoms with Crippen LogP contribution in [0, 0.1) is 0 Å². The molecule has 418 valence electrons.